The molecule has 0 aliphatic rings. The Morgan fingerprint density at radius 1 is 1.15 bits per heavy atom. The van der Waals surface area contributed by atoms with Gasteiger partial charge in [-0.25, -0.2) is 4.39 Å². The molecule has 1 N–H and O–H groups in total. The van der Waals surface area contributed by atoms with E-state index in [2.05, 4.69) is 15.5 Å². The number of hydrogen-bond acceptors (Lipinski definition) is 7. The second-order valence-electron chi connectivity index (χ2n) is 7.26. The van der Waals surface area contributed by atoms with Gasteiger partial charge in [-0.15, -0.1) is 10.2 Å². The van der Waals surface area contributed by atoms with Crippen molar-refractivity contribution in [1.29, 1.82) is 0 Å². The summed E-state index contributed by atoms with van der Waals surface area (Å²) < 4.78 is 26.5. The molecular weight excluding hydrogens is 447 g/mol. The van der Waals surface area contributed by atoms with Crippen LogP contribution in [-0.4, -0.2) is 45.9 Å². The lowest BCUT2D eigenvalue weighted by Crippen LogP contribution is -2.18. The van der Waals surface area contributed by atoms with Crippen molar-refractivity contribution in [2.24, 2.45) is 0 Å². The molecule has 2 aromatic carbocycles. The number of para-hydroxylation sites is 1. The van der Waals surface area contributed by atoms with E-state index < -0.39 is 5.82 Å². The number of ketones is 1. The van der Waals surface area contributed by atoms with Crippen molar-refractivity contribution in [2.75, 3.05) is 24.8 Å². The van der Waals surface area contributed by atoms with Gasteiger partial charge in [-0.3, -0.25) is 14.2 Å². The van der Waals surface area contributed by atoms with Crippen LogP contribution in [0.25, 0.3) is 0 Å². The van der Waals surface area contributed by atoms with E-state index in [0.29, 0.717) is 28.8 Å². The van der Waals surface area contributed by atoms with Gasteiger partial charge >= 0.3 is 0 Å². The molecular formula is C23H25FN4O4S. The van der Waals surface area contributed by atoms with E-state index in [1.165, 1.54) is 30.8 Å². The summed E-state index contributed by atoms with van der Waals surface area (Å²) in [6.45, 7) is 3.82. The molecule has 0 aliphatic heterocycles. The highest BCUT2D eigenvalue weighted by molar-refractivity contribution is 7.99. The van der Waals surface area contributed by atoms with Crippen LogP contribution in [0.4, 0.5) is 10.1 Å². The highest BCUT2D eigenvalue weighted by Gasteiger charge is 2.20. The number of carbonyl (C=O) groups is 2. The Hall–Kier alpha value is -3.24. The summed E-state index contributed by atoms with van der Waals surface area (Å²) in [6.07, 6.45) is 0. The highest BCUT2D eigenvalue weighted by atomic mass is 32.2. The second-order valence-corrected chi connectivity index (χ2v) is 8.21. The van der Waals surface area contributed by atoms with Crippen LogP contribution in [0.1, 0.15) is 36.1 Å². The van der Waals surface area contributed by atoms with Crippen molar-refractivity contribution in [3.05, 3.63) is 65.7 Å². The van der Waals surface area contributed by atoms with Gasteiger partial charge in [-0.2, -0.15) is 0 Å². The normalized spacial score (nSPS) is 11.8. The average Bonchev–Trinajstić information content (AvgIpc) is 3.20. The lowest BCUT2D eigenvalue weighted by atomic mass is 10.1. The molecule has 0 fully saturated rings. The minimum atomic E-state index is -0.462. The minimum absolute atomic E-state index is 0.0112. The standard InChI is InChI=1S/C23H25FN4O4S/c1-15(12-31-3)28-21(13-32-20-7-5-4-6-19(20)24)26-27-23(28)33-14-22(30)25-18-10-8-17(9-11-18)16(2)29/h4-11,15H,12-14H2,1-3H3,(H,25,30). The second kappa shape index (κ2) is 11.6. The molecule has 3 aromatic rings. The fourth-order valence-electron chi connectivity index (χ4n) is 3.08. The van der Waals surface area contributed by atoms with Crippen molar-refractivity contribution < 1.29 is 23.5 Å². The first-order valence-electron chi connectivity index (χ1n) is 10.2. The maximum Gasteiger partial charge on any atom is 0.234 e. The summed E-state index contributed by atoms with van der Waals surface area (Å²) in [7, 11) is 1.59. The van der Waals surface area contributed by atoms with Gasteiger partial charge in [0, 0.05) is 18.4 Å². The summed E-state index contributed by atoms with van der Waals surface area (Å²) in [5.41, 5.74) is 1.17. The lowest BCUT2D eigenvalue weighted by Gasteiger charge is -2.17. The van der Waals surface area contributed by atoms with Crippen molar-refractivity contribution in [1.82, 2.24) is 14.8 Å². The summed E-state index contributed by atoms with van der Waals surface area (Å²) in [5, 5.41) is 11.7. The summed E-state index contributed by atoms with van der Waals surface area (Å²) in [5.74, 6) is -0.0191. The number of nitrogens with one attached hydrogen (secondary N) is 1. The van der Waals surface area contributed by atoms with Gasteiger partial charge in [0.25, 0.3) is 0 Å². The maximum atomic E-state index is 13.9. The molecule has 0 spiro atoms. The van der Waals surface area contributed by atoms with Crippen LogP contribution in [0.15, 0.2) is 53.7 Å². The maximum absolute atomic E-state index is 13.9. The molecule has 0 aliphatic carbocycles. The largest absolute Gasteiger partial charge is 0.483 e. The Morgan fingerprint density at radius 3 is 2.55 bits per heavy atom. The third-order valence-electron chi connectivity index (χ3n) is 4.68. The molecule has 1 aromatic heterocycles. The van der Waals surface area contributed by atoms with Gasteiger partial charge < -0.3 is 14.8 Å². The number of benzene rings is 2. The Balaban J connectivity index is 1.66. The number of carbonyl (C=O) groups excluding carboxylic acids is 2. The molecule has 1 unspecified atom stereocenters. The van der Waals surface area contributed by atoms with E-state index in [4.69, 9.17) is 9.47 Å². The molecule has 0 radical (unpaired) electrons. The zero-order valence-electron chi connectivity index (χ0n) is 18.6. The zero-order valence-corrected chi connectivity index (χ0v) is 19.4. The Morgan fingerprint density at radius 2 is 1.88 bits per heavy atom. The SMILES string of the molecule is COCC(C)n1c(COc2ccccc2F)nnc1SCC(=O)Nc1ccc(C(C)=O)cc1. The first-order valence-corrected chi connectivity index (χ1v) is 11.2. The summed E-state index contributed by atoms with van der Waals surface area (Å²) >= 11 is 1.22. The van der Waals surface area contributed by atoms with Crippen molar-refractivity contribution >= 4 is 29.1 Å². The summed E-state index contributed by atoms with van der Waals surface area (Å²) in [4.78, 5) is 23.8. The minimum Gasteiger partial charge on any atom is -0.483 e. The Labute approximate surface area is 195 Å². The number of methoxy groups -OCH3 is 1. The highest BCUT2D eigenvalue weighted by Crippen LogP contribution is 2.24. The fraction of sp³-hybridized carbons (Fsp3) is 0.304. The van der Waals surface area contributed by atoms with Gasteiger partial charge in [0.15, 0.2) is 28.3 Å². The Bertz CT molecular complexity index is 1100. The predicted octanol–water partition coefficient (Wildman–Crippen LogP) is 4.14. The average molecular weight is 473 g/mol. The number of rotatable bonds is 11. The smallest absolute Gasteiger partial charge is 0.234 e. The number of anilines is 1. The molecule has 0 saturated heterocycles. The topological polar surface area (TPSA) is 95.3 Å². The number of thioether (sulfide) groups is 1. The third-order valence-corrected chi connectivity index (χ3v) is 5.63. The molecule has 8 nitrogen and oxygen atoms in total. The van der Waals surface area contributed by atoms with Crippen LogP contribution in [0.2, 0.25) is 0 Å². The van der Waals surface area contributed by atoms with Crippen LogP contribution in [0, 0.1) is 5.82 Å². The quantitative estimate of drug-likeness (QED) is 0.331. The number of hydrogen-bond donors (Lipinski definition) is 1. The molecule has 1 amide bonds. The van der Waals surface area contributed by atoms with Crippen LogP contribution in [0.5, 0.6) is 5.75 Å². The summed E-state index contributed by atoms with van der Waals surface area (Å²) in [6, 6.07) is 12.7. The molecule has 33 heavy (non-hydrogen) atoms. The lowest BCUT2D eigenvalue weighted by molar-refractivity contribution is -0.113. The molecule has 1 heterocycles. The Kier molecular flexibility index (Phi) is 8.56. The zero-order chi connectivity index (χ0) is 23.8. The van der Waals surface area contributed by atoms with E-state index in [1.54, 1.807) is 43.5 Å². The predicted molar refractivity (Wildman–Crippen MR) is 123 cm³/mol. The number of amides is 1. The van der Waals surface area contributed by atoms with Crippen molar-refractivity contribution in [2.45, 2.75) is 31.7 Å². The number of ether oxygens (including phenoxy) is 2. The molecule has 174 valence electrons. The van der Waals surface area contributed by atoms with Crippen molar-refractivity contribution in [3.8, 4) is 5.75 Å². The number of halogens is 1. The van der Waals surface area contributed by atoms with Crippen LogP contribution < -0.4 is 10.1 Å². The number of nitrogens with zero attached hydrogens (tertiary/aromatic N) is 3. The van der Waals surface area contributed by atoms with Gasteiger partial charge in [-0.05, 0) is 50.2 Å². The van der Waals surface area contributed by atoms with E-state index in [0.717, 1.165) is 0 Å². The van der Waals surface area contributed by atoms with Gasteiger partial charge in [0.1, 0.15) is 6.61 Å². The number of Topliss-reactive ketones (excluding diaryl/α,β-unsaturated/α-hetero) is 1. The van der Waals surface area contributed by atoms with E-state index >= 15 is 0 Å². The van der Waals surface area contributed by atoms with Crippen LogP contribution >= 0.6 is 11.8 Å². The van der Waals surface area contributed by atoms with Gasteiger partial charge in [0.2, 0.25) is 5.91 Å². The molecule has 10 heteroatoms. The molecule has 0 saturated carbocycles. The number of aromatic nitrogens is 3. The molecule has 0 bridgehead atoms. The van der Waals surface area contributed by atoms with Gasteiger partial charge in [0.05, 0.1) is 18.4 Å². The first-order chi connectivity index (χ1) is 15.9. The van der Waals surface area contributed by atoms with Crippen LogP contribution in [0.3, 0.4) is 0 Å². The third kappa shape index (κ3) is 6.62. The van der Waals surface area contributed by atoms with E-state index in [-0.39, 0.29) is 35.8 Å². The molecule has 1 atom stereocenters. The molecule has 3 rings (SSSR count). The van der Waals surface area contributed by atoms with E-state index in [9.17, 15) is 14.0 Å². The van der Waals surface area contributed by atoms with E-state index in [1.807, 2.05) is 11.5 Å². The fourth-order valence-corrected chi connectivity index (χ4v) is 3.94. The monoisotopic (exact) mass is 472 g/mol. The van der Waals surface area contributed by atoms with Crippen LogP contribution in [-0.2, 0) is 16.1 Å². The first kappa shape index (κ1) is 24.4. The van der Waals surface area contributed by atoms with Crippen molar-refractivity contribution in [3.63, 3.8) is 0 Å². The van der Waals surface area contributed by atoms with Gasteiger partial charge in [-0.1, -0.05) is 23.9 Å².